The molecule has 1 saturated heterocycles. The van der Waals surface area contributed by atoms with E-state index in [0.29, 0.717) is 5.92 Å². The number of nitrogens with zero attached hydrogens (tertiary/aromatic N) is 1. The first kappa shape index (κ1) is 17.8. The summed E-state index contributed by atoms with van der Waals surface area (Å²) < 4.78 is 5.65. The lowest BCUT2D eigenvalue weighted by Gasteiger charge is -2.33. The Morgan fingerprint density at radius 2 is 2.24 bits per heavy atom. The van der Waals surface area contributed by atoms with Crippen LogP contribution in [0, 0.1) is 0 Å². The average Bonchev–Trinajstić information content (AvgIpc) is 2.45. The standard InChI is InChI=1S/C16H24N2O2.ClH/c1-12(2)14-5-4-6-15(9-14)20-11-16(19)18-8-7-17-10-13(18)3;/h4-6,9,12-13,17H,7-8,10-11H2,1-3H3;1H/t13-;/m1./s1. The predicted octanol–water partition coefficient (Wildman–Crippen LogP) is 2.43. The fourth-order valence-corrected chi connectivity index (χ4v) is 2.40. The molecule has 1 N–H and O–H groups in total. The van der Waals surface area contributed by atoms with E-state index in [2.05, 4.69) is 32.2 Å². The molecule has 1 amide bonds. The third-order valence-corrected chi connectivity index (χ3v) is 3.71. The van der Waals surface area contributed by atoms with Gasteiger partial charge in [0.05, 0.1) is 0 Å². The van der Waals surface area contributed by atoms with Gasteiger partial charge in [0.2, 0.25) is 0 Å². The van der Waals surface area contributed by atoms with Gasteiger partial charge >= 0.3 is 0 Å². The van der Waals surface area contributed by atoms with Crippen LogP contribution < -0.4 is 10.1 Å². The highest BCUT2D eigenvalue weighted by Crippen LogP contribution is 2.20. The van der Waals surface area contributed by atoms with Gasteiger partial charge in [0.25, 0.3) is 5.91 Å². The highest BCUT2D eigenvalue weighted by Gasteiger charge is 2.23. The summed E-state index contributed by atoms with van der Waals surface area (Å²) >= 11 is 0. The monoisotopic (exact) mass is 312 g/mol. The summed E-state index contributed by atoms with van der Waals surface area (Å²) in [4.78, 5) is 14.1. The second-order valence-corrected chi connectivity index (χ2v) is 5.66. The molecule has 1 fully saturated rings. The van der Waals surface area contributed by atoms with Crippen molar-refractivity contribution in [2.45, 2.75) is 32.7 Å². The Morgan fingerprint density at radius 3 is 2.90 bits per heavy atom. The van der Waals surface area contributed by atoms with Crippen LogP contribution >= 0.6 is 12.4 Å². The molecule has 0 bridgehead atoms. The number of piperazine rings is 1. The molecule has 0 unspecified atom stereocenters. The van der Waals surface area contributed by atoms with Crippen LogP contribution in [0.1, 0.15) is 32.3 Å². The van der Waals surface area contributed by atoms with E-state index >= 15 is 0 Å². The molecule has 0 saturated carbocycles. The third-order valence-electron chi connectivity index (χ3n) is 3.71. The van der Waals surface area contributed by atoms with Crippen LogP contribution in [0.2, 0.25) is 0 Å². The molecule has 2 rings (SSSR count). The zero-order valence-electron chi connectivity index (χ0n) is 13.0. The van der Waals surface area contributed by atoms with E-state index in [1.54, 1.807) is 0 Å². The van der Waals surface area contributed by atoms with Crippen LogP contribution in [-0.2, 0) is 4.79 Å². The molecule has 0 aliphatic carbocycles. The molecule has 1 aliphatic rings. The lowest BCUT2D eigenvalue weighted by Crippen LogP contribution is -2.53. The van der Waals surface area contributed by atoms with E-state index < -0.39 is 0 Å². The molecule has 1 aromatic rings. The number of hydrogen-bond donors (Lipinski definition) is 1. The second-order valence-electron chi connectivity index (χ2n) is 5.66. The van der Waals surface area contributed by atoms with Crippen LogP contribution in [0.15, 0.2) is 24.3 Å². The zero-order chi connectivity index (χ0) is 14.5. The molecule has 0 aromatic heterocycles. The first-order valence-corrected chi connectivity index (χ1v) is 7.31. The lowest BCUT2D eigenvalue weighted by atomic mass is 10.0. The van der Waals surface area contributed by atoms with Crippen LogP contribution in [0.3, 0.4) is 0 Å². The predicted molar refractivity (Wildman–Crippen MR) is 87.3 cm³/mol. The lowest BCUT2D eigenvalue weighted by molar-refractivity contribution is -0.136. The van der Waals surface area contributed by atoms with Gasteiger partial charge < -0.3 is 15.0 Å². The fraction of sp³-hybridized carbons (Fsp3) is 0.562. The van der Waals surface area contributed by atoms with E-state index in [-0.39, 0.29) is 31.0 Å². The molecular formula is C16H25ClN2O2. The van der Waals surface area contributed by atoms with Crippen molar-refractivity contribution in [1.82, 2.24) is 10.2 Å². The van der Waals surface area contributed by atoms with E-state index in [4.69, 9.17) is 4.74 Å². The molecule has 1 aliphatic heterocycles. The van der Waals surface area contributed by atoms with Crippen molar-refractivity contribution in [2.24, 2.45) is 0 Å². The number of ether oxygens (including phenoxy) is 1. The highest BCUT2D eigenvalue weighted by atomic mass is 35.5. The zero-order valence-corrected chi connectivity index (χ0v) is 13.8. The second kappa shape index (κ2) is 8.25. The number of rotatable bonds is 4. The minimum atomic E-state index is 0. The third kappa shape index (κ3) is 4.90. The van der Waals surface area contributed by atoms with E-state index in [9.17, 15) is 4.79 Å². The normalized spacial score (nSPS) is 18.3. The molecule has 4 nitrogen and oxygen atoms in total. The number of carbonyl (C=O) groups excluding carboxylic acids is 1. The summed E-state index contributed by atoms with van der Waals surface area (Å²) in [7, 11) is 0. The Labute approximate surface area is 133 Å². The smallest absolute Gasteiger partial charge is 0.260 e. The maximum atomic E-state index is 12.2. The molecule has 118 valence electrons. The van der Waals surface area contributed by atoms with Crippen LogP contribution in [0.25, 0.3) is 0 Å². The quantitative estimate of drug-likeness (QED) is 0.928. The van der Waals surface area contributed by atoms with Gasteiger partial charge in [0.1, 0.15) is 5.75 Å². The van der Waals surface area contributed by atoms with Crippen molar-refractivity contribution in [3.05, 3.63) is 29.8 Å². The largest absolute Gasteiger partial charge is 0.484 e. The van der Waals surface area contributed by atoms with Gasteiger partial charge in [-0.05, 0) is 30.5 Å². The molecule has 1 aromatic carbocycles. The van der Waals surface area contributed by atoms with E-state index in [1.165, 1.54) is 5.56 Å². The van der Waals surface area contributed by atoms with Gasteiger partial charge in [-0.25, -0.2) is 0 Å². The Balaban J connectivity index is 0.00000220. The minimum absolute atomic E-state index is 0. The highest BCUT2D eigenvalue weighted by molar-refractivity contribution is 5.85. The number of halogens is 1. The Bertz CT molecular complexity index is 465. The Hall–Kier alpha value is -1.26. The Kier molecular flexibility index (Phi) is 6.99. The number of benzene rings is 1. The maximum Gasteiger partial charge on any atom is 0.260 e. The van der Waals surface area contributed by atoms with Gasteiger partial charge in [-0.2, -0.15) is 0 Å². The van der Waals surface area contributed by atoms with Crippen molar-refractivity contribution < 1.29 is 9.53 Å². The van der Waals surface area contributed by atoms with Crippen LogP contribution in [0.5, 0.6) is 5.75 Å². The molecular weight excluding hydrogens is 288 g/mol. The number of amides is 1. The minimum Gasteiger partial charge on any atom is -0.484 e. The van der Waals surface area contributed by atoms with Gasteiger partial charge in [-0.3, -0.25) is 4.79 Å². The molecule has 21 heavy (non-hydrogen) atoms. The molecule has 5 heteroatoms. The van der Waals surface area contributed by atoms with Crippen LogP contribution in [-0.4, -0.2) is 43.1 Å². The van der Waals surface area contributed by atoms with Crippen molar-refractivity contribution >= 4 is 18.3 Å². The van der Waals surface area contributed by atoms with Gasteiger partial charge in [0, 0.05) is 25.7 Å². The summed E-state index contributed by atoms with van der Waals surface area (Å²) in [6.07, 6.45) is 0. The summed E-state index contributed by atoms with van der Waals surface area (Å²) in [5.74, 6) is 1.30. The van der Waals surface area contributed by atoms with Crippen molar-refractivity contribution in [1.29, 1.82) is 0 Å². The van der Waals surface area contributed by atoms with Gasteiger partial charge in [-0.1, -0.05) is 26.0 Å². The Morgan fingerprint density at radius 1 is 1.48 bits per heavy atom. The maximum absolute atomic E-state index is 12.2. The van der Waals surface area contributed by atoms with E-state index in [0.717, 1.165) is 25.4 Å². The first-order valence-electron chi connectivity index (χ1n) is 7.31. The van der Waals surface area contributed by atoms with Crippen molar-refractivity contribution in [2.75, 3.05) is 26.2 Å². The van der Waals surface area contributed by atoms with Gasteiger partial charge in [0.15, 0.2) is 6.61 Å². The summed E-state index contributed by atoms with van der Waals surface area (Å²) in [6.45, 7) is 8.94. The summed E-state index contributed by atoms with van der Waals surface area (Å²) in [5.41, 5.74) is 1.23. The van der Waals surface area contributed by atoms with Crippen molar-refractivity contribution in [3.8, 4) is 5.75 Å². The number of carbonyl (C=O) groups is 1. The first-order chi connectivity index (χ1) is 9.58. The molecule has 0 radical (unpaired) electrons. The number of nitrogens with one attached hydrogen (secondary N) is 1. The topological polar surface area (TPSA) is 41.6 Å². The average molecular weight is 313 g/mol. The molecule has 1 heterocycles. The SMILES string of the molecule is CC(C)c1cccc(OCC(=O)N2CCNC[C@H]2C)c1.Cl. The van der Waals surface area contributed by atoms with Crippen molar-refractivity contribution in [3.63, 3.8) is 0 Å². The molecule has 1 atom stereocenters. The fourth-order valence-electron chi connectivity index (χ4n) is 2.40. The van der Waals surface area contributed by atoms with Gasteiger partial charge in [-0.15, -0.1) is 12.4 Å². The summed E-state index contributed by atoms with van der Waals surface area (Å²) in [6, 6.07) is 8.21. The van der Waals surface area contributed by atoms with E-state index in [1.807, 2.05) is 23.1 Å². The molecule has 0 spiro atoms. The number of hydrogen-bond acceptors (Lipinski definition) is 3. The summed E-state index contributed by atoms with van der Waals surface area (Å²) in [5, 5.41) is 3.28. The van der Waals surface area contributed by atoms with Crippen LogP contribution in [0.4, 0.5) is 0 Å².